The molecule has 1 rings (SSSR count). The van der Waals surface area contributed by atoms with E-state index < -0.39 is 0 Å². The van der Waals surface area contributed by atoms with E-state index in [2.05, 4.69) is 33.8 Å². The summed E-state index contributed by atoms with van der Waals surface area (Å²) in [6.07, 6.45) is 2.31. The highest BCUT2D eigenvalue weighted by Crippen LogP contribution is 2.36. The second kappa shape index (κ2) is 6.53. The number of ether oxygens (including phenoxy) is 2. The van der Waals surface area contributed by atoms with Crippen LogP contribution in [-0.2, 0) is 0 Å². The first kappa shape index (κ1) is 13.9. The summed E-state index contributed by atoms with van der Waals surface area (Å²) in [6, 6.07) is 6.10. The van der Waals surface area contributed by atoms with Gasteiger partial charge in [-0.15, -0.1) is 0 Å². The summed E-state index contributed by atoms with van der Waals surface area (Å²) in [4.78, 5) is 0. The van der Waals surface area contributed by atoms with Gasteiger partial charge in [0, 0.05) is 5.56 Å². The molecular weight excluding hydrogens is 212 g/mol. The third kappa shape index (κ3) is 3.39. The average molecular weight is 236 g/mol. The van der Waals surface area contributed by atoms with Crippen LogP contribution in [-0.4, -0.2) is 13.2 Å². The lowest BCUT2D eigenvalue weighted by Gasteiger charge is -2.22. The van der Waals surface area contributed by atoms with Crippen molar-refractivity contribution in [2.45, 2.75) is 52.6 Å². The zero-order valence-corrected chi connectivity index (χ0v) is 11.6. The van der Waals surface area contributed by atoms with Crippen LogP contribution in [0.4, 0.5) is 0 Å². The molecule has 0 bridgehead atoms. The van der Waals surface area contributed by atoms with Crippen LogP contribution >= 0.6 is 0 Å². The molecule has 0 N–H and O–H groups in total. The Kier molecular flexibility index (Phi) is 5.33. The van der Waals surface area contributed by atoms with Crippen LogP contribution in [0.1, 0.15) is 52.0 Å². The van der Waals surface area contributed by atoms with Gasteiger partial charge in [-0.1, -0.05) is 39.8 Å². The molecule has 0 spiro atoms. The first-order chi connectivity index (χ1) is 8.13. The van der Waals surface area contributed by atoms with Gasteiger partial charge in [0.25, 0.3) is 0 Å². The molecule has 0 heterocycles. The Hall–Kier alpha value is -1.18. The highest BCUT2D eigenvalue weighted by atomic mass is 16.5. The van der Waals surface area contributed by atoms with Gasteiger partial charge in [-0.05, 0) is 24.8 Å². The Morgan fingerprint density at radius 2 is 1.76 bits per heavy atom. The second-order valence-corrected chi connectivity index (χ2v) is 4.59. The normalized spacial score (nSPS) is 11.0. The molecule has 2 nitrogen and oxygen atoms in total. The van der Waals surface area contributed by atoms with Gasteiger partial charge in [-0.3, -0.25) is 0 Å². The van der Waals surface area contributed by atoms with E-state index in [1.807, 2.05) is 12.1 Å². The second-order valence-electron chi connectivity index (χ2n) is 4.59. The summed E-state index contributed by atoms with van der Waals surface area (Å²) in [7, 11) is 1.69. The smallest absolute Gasteiger partial charge is 0.165 e. The molecular formula is C15H24O2. The monoisotopic (exact) mass is 236 g/mol. The summed E-state index contributed by atoms with van der Waals surface area (Å²) in [5, 5.41) is 0. The molecule has 0 aliphatic heterocycles. The van der Waals surface area contributed by atoms with Gasteiger partial charge in [0.1, 0.15) is 0 Å². The van der Waals surface area contributed by atoms with Gasteiger partial charge >= 0.3 is 0 Å². The van der Waals surface area contributed by atoms with Crippen molar-refractivity contribution < 1.29 is 9.47 Å². The van der Waals surface area contributed by atoms with Crippen LogP contribution in [0, 0.1) is 0 Å². The maximum absolute atomic E-state index is 6.10. The minimum atomic E-state index is 0.267. The maximum Gasteiger partial charge on any atom is 0.165 e. The van der Waals surface area contributed by atoms with Crippen LogP contribution in [0.25, 0.3) is 0 Å². The van der Waals surface area contributed by atoms with Gasteiger partial charge in [0.2, 0.25) is 0 Å². The summed E-state index contributed by atoms with van der Waals surface area (Å²) in [5.74, 6) is 2.19. The lowest BCUT2D eigenvalue weighted by molar-refractivity contribution is 0.182. The Morgan fingerprint density at radius 1 is 1.12 bits per heavy atom. The predicted molar refractivity (Wildman–Crippen MR) is 72.1 cm³/mol. The standard InChI is InChI=1S/C15H24O2/c1-6-12(7-2)17-15-13(11(3)4)9-8-10-14(15)16-5/h8-12H,6-7H2,1-5H3. The van der Waals surface area contributed by atoms with E-state index in [4.69, 9.17) is 9.47 Å². The molecule has 0 atom stereocenters. The molecule has 0 amide bonds. The van der Waals surface area contributed by atoms with E-state index in [0.717, 1.165) is 24.3 Å². The van der Waals surface area contributed by atoms with E-state index in [9.17, 15) is 0 Å². The van der Waals surface area contributed by atoms with Crippen LogP contribution in [0.2, 0.25) is 0 Å². The molecule has 0 saturated heterocycles. The van der Waals surface area contributed by atoms with Crippen molar-refractivity contribution in [2.24, 2.45) is 0 Å². The number of methoxy groups -OCH3 is 1. The summed E-state index contributed by atoms with van der Waals surface area (Å²) in [6.45, 7) is 8.65. The predicted octanol–water partition coefficient (Wildman–Crippen LogP) is 4.39. The third-order valence-corrected chi connectivity index (χ3v) is 3.05. The van der Waals surface area contributed by atoms with Crippen molar-refractivity contribution in [3.05, 3.63) is 23.8 Å². The van der Waals surface area contributed by atoms with E-state index >= 15 is 0 Å². The van der Waals surface area contributed by atoms with Crippen LogP contribution < -0.4 is 9.47 Å². The minimum absolute atomic E-state index is 0.267. The molecule has 0 fully saturated rings. The quantitative estimate of drug-likeness (QED) is 0.729. The number of hydrogen-bond acceptors (Lipinski definition) is 2. The van der Waals surface area contributed by atoms with Crippen molar-refractivity contribution in [1.29, 1.82) is 0 Å². The highest BCUT2D eigenvalue weighted by Gasteiger charge is 2.16. The Labute approximate surface area is 105 Å². The van der Waals surface area contributed by atoms with Gasteiger partial charge in [0.15, 0.2) is 11.5 Å². The fourth-order valence-corrected chi connectivity index (χ4v) is 1.90. The van der Waals surface area contributed by atoms with Crippen molar-refractivity contribution >= 4 is 0 Å². The van der Waals surface area contributed by atoms with Gasteiger partial charge in [-0.2, -0.15) is 0 Å². The zero-order chi connectivity index (χ0) is 12.8. The summed E-state index contributed by atoms with van der Waals surface area (Å²) in [5.41, 5.74) is 1.22. The largest absolute Gasteiger partial charge is 0.493 e. The average Bonchev–Trinajstić information content (AvgIpc) is 2.35. The zero-order valence-electron chi connectivity index (χ0n) is 11.6. The molecule has 1 aromatic carbocycles. The Morgan fingerprint density at radius 3 is 2.24 bits per heavy atom. The topological polar surface area (TPSA) is 18.5 Å². The van der Waals surface area contributed by atoms with Crippen LogP contribution in [0.3, 0.4) is 0 Å². The number of hydrogen-bond donors (Lipinski definition) is 0. The van der Waals surface area contributed by atoms with E-state index in [1.54, 1.807) is 7.11 Å². The number of rotatable bonds is 6. The van der Waals surface area contributed by atoms with Crippen molar-refractivity contribution in [3.63, 3.8) is 0 Å². The maximum atomic E-state index is 6.10. The first-order valence-corrected chi connectivity index (χ1v) is 6.47. The Balaban J connectivity index is 3.08. The molecule has 1 aromatic rings. The van der Waals surface area contributed by atoms with Crippen LogP contribution in [0.5, 0.6) is 11.5 Å². The minimum Gasteiger partial charge on any atom is -0.493 e. The van der Waals surface area contributed by atoms with E-state index in [0.29, 0.717) is 5.92 Å². The molecule has 0 aliphatic carbocycles. The lowest BCUT2D eigenvalue weighted by Crippen LogP contribution is -2.15. The van der Waals surface area contributed by atoms with Crippen molar-refractivity contribution in [1.82, 2.24) is 0 Å². The van der Waals surface area contributed by atoms with E-state index in [-0.39, 0.29) is 6.10 Å². The molecule has 0 saturated carbocycles. The molecule has 96 valence electrons. The first-order valence-electron chi connectivity index (χ1n) is 6.47. The van der Waals surface area contributed by atoms with Gasteiger partial charge < -0.3 is 9.47 Å². The van der Waals surface area contributed by atoms with Crippen LogP contribution in [0.15, 0.2) is 18.2 Å². The molecule has 17 heavy (non-hydrogen) atoms. The molecule has 0 aliphatic rings. The summed E-state index contributed by atoms with van der Waals surface area (Å²) >= 11 is 0. The molecule has 2 heteroatoms. The van der Waals surface area contributed by atoms with Gasteiger partial charge in [-0.25, -0.2) is 0 Å². The number of para-hydroxylation sites is 1. The molecule has 0 aromatic heterocycles. The van der Waals surface area contributed by atoms with E-state index in [1.165, 1.54) is 5.56 Å². The van der Waals surface area contributed by atoms with Gasteiger partial charge in [0.05, 0.1) is 13.2 Å². The Bertz CT molecular complexity index is 341. The lowest BCUT2D eigenvalue weighted by atomic mass is 10.0. The fraction of sp³-hybridized carbons (Fsp3) is 0.600. The fourth-order valence-electron chi connectivity index (χ4n) is 1.90. The summed E-state index contributed by atoms with van der Waals surface area (Å²) < 4.78 is 11.5. The molecule has 0 unspecified atom stereocenters. The number of benzene rings is 1. The third-order valence-electron chi connectivity index (χ3n) is 3.05. The SMILES string of the molecule is CCC(CC)Oc1c(OC)cccc1C(C)C. The van der Waals surface area contributed by atoms with Crippen molar-refractivity contribution in [2.75, 3.05) is 7.11 Å². The van der Waals surface area contributed by atoms with Crippen molar-refractivity contribution in [3.8, 4) is 11.5 Å². The highest BCUT2D eigenvalue weighted by molar-refractivity contribution is 5.48. The molecule has 0 radical (unpaired) electrons.